The van der Waals surface area contributed by atoms with E-state index in [1.165, 1.54) is 6.42 Å². The van der Waals surface area contributed by atoms with E-state index in [0.717, 1.165) is 37.8 Å². The summed E-state index contributed by atoms with van der Waals surface area (Å²) in [6.07, 6.45) is 0.533. The first-order valence-corrected chi connectivity index (χ1v) is 8.24. The van der Waals surface area contributed by atoms with Gasteiger partial charge in [0.05, 0.1) is 11.6 Å². The highest BCUT2D eigenvalue weighted by Crippen LogP contribution is 2.34. The number of hydrogen-bond acceptors (Lipinski definition) is 2. The monoisotopic (exact) mass is 380 g/mol. The number of hydrogen-bond donors (Lipinski definition) is 2. The smallest absolute Gasteiger partial charge is 0.351 e. The minimum Gasteiger partial charge on any atom is -0.351 e. The van der Waals surface area contributed by atoms with E-state index >= 15 is 0 Å². The normalized spacial score (nSPS) is 25.8. The van der Waals surface area contributed by atoms with Gasteiger partial charge in [-0.3, -0.25) is 4.79 Å². The fourth-order valence-corrected chi connectivity index (χ4v) is 3.79. The van der Waals surface area contributed by atoms with Gasteiger partial charge in [-0.05, 0) is 42.9 Å². The summed E-state index contributed by atoms with van der Waals surface area (Å²) in [6.45, 7) is -0.262. The largest absolute Gasteiger partial charge is 0.416 e. The Bertz CT molecular complexity index is 609. The van der Waals surface area contributed by atoms with E-state index in [4.69, 9.17) is 0 Å². The molecule has 1 saturated carbocycles. The zero-order valence-electron chi connectivity index (χ0n) is 13.5. The lowest BCUT2D eigenvalue weighted by atomic mass is 9.85. The van der Waals surface area contributed by atoms with Crippen molar-refractivity contribution in [3.63, 3.8) is 0 Å². The van der Waals surface area contributed by atoms with Crippen LogP contribution in [0.25, 0.3) is 0 Å². The van der Waals surface area contributed by atoms with Crippen LogP contribution in [0.5, 0.6) is 0 Å². The number of carbonyl (C=O) groups is 1. The van der Waals surface area contributed by atoms with E-state index in [9.17, 15) is 22.4 Å². The van der Waals surface area contributed by atoms with Crippen molar-refractivity contribution in [1.29, 1.82) is 0 Å². The summed E-state index contributed by atoms with van der Waals surface area (Å²) in [4.78, 5) is 12.3. The molecule has 3 atom stereocenters. The number of alkyl halides is 3. The van der Waals surface area contributed by atoms with E-state index in [2.05, 4.69) is 10.6 Å². The molecule has 3 unspecified atom stereocenters. The standard InChI is InChI=1S/C17H20F4N2O.ClH/c18-12-6-5-11(13(8-12)17(19,20)21)9-22-16(24)15-7-10-3-1-2-4-14(10)23-15;/h5-6,8,10,14-15,23H,1-4,7,9H2,(H,22,24);1H. The lowest BCUT2D eigenvalue weighted by Crippen LogP contribution is -2.43. The van der Waals surface area contributed by atoms with Crippen LogP contribution < -0.4 is 10.6 Å². The molecule has 1 aromatic carbocycles. The van der Waals surface area contributed by atoms with Gasteiger partial charge in [0.1, 0.15) is 5.82 Å². The zero-order valence-corrected chi connectivity index (χ0v) is 14.4. The van der Waals surface area contributed by atoms with Crippen LogP contribution in [-0.2, 0) is 17.5 Å². The first-order chi connectivity index (χ1) is 11.3. The minimum atomic E-state index is -4.65. The molecule has 0 bridgehead atoms. The van der Waals surface area contributed by atoms with Gasteiger partial charge in [-0.25, -0.2) is 4.39 Å². The maximum absolute atomic E-state index is 13.1. The van der Waals surface area contributed by atoms with Gasteiger partial charge < -0.3 is 10.6 Å². The van der Waals surface area contributed by atoms with Crippen LogP contribution >= 0.6 is 12.4 Å². The Morgan fingerprint density at radius 2 is 1.96 bits per heavy atom. The summed E-state index contributed by atoms with van der Waals surface area (Å²) in [5.74, 6) is -0.758. The summed E-state index contributed by atoms with van der Waals surface area (Å²) in [7, 11) is 0. The van der Waals surface area contributed by atoms with Crippen LogP contribution in [0.4, 0.5) is 17.6 Å². The molecule has 0 spiro atoms. The molecule has 0 aromatic heterocycles. The van der Waals surface area contributed by atoms with Crippen LogP contribution in [0.15, 0.2) is 18.2 Å². The lowest BCUT2D eigenvalue weighted by molar-refractivity contribution is -0.138. The number of rotatable bonds is 3. The molecule has 140 valence electrons. The molecule has 3 rings (SSSR count). The molecular formula is C17H21ClF4N2O. The predicted molar refractivity (Wildman–Crippen MR) is 87.8 cm³/mol. The number of fused-ring (bicyclic) bond motifs is 1. The number of benzene rings is 1. The third-order valence-electron chi connectivity index (χ3n) is 5.01. The molecule has 0 radical (unpaired) electrons. The van der Waals surface area contributed by atoms with Crippen LogP contribution in [0.2, 0.25) is 0 Å². The molecule has 3 nitrogen and oxygen atoms in total. The maximum atomic E-state index is 13.1. The van der Waals surface area contributed by atoms with Crippen LogP contribution in [0.1, 0.15) is 43.2 Å². The predicted octanol–water partition coefficient (Wildman–Crippen LogP) is 3.80. The van der Waals surface area contributed by atoms with E-state index in [1.807, 2.05) is 0 Å². The van der Waals surface area contributed by atoms with E-state index < -0.39 is 17.6 Å². The maximum Gasteiger partial charge on any atom is 0.416 e. The van der Waals surface area contributed by atoms with E-state index in [0.29, 0.717) is 18.0 Å². The second-order valence-corrected chi connectivity index (χ2v) is 6.62. The summed E-state index contributed by atoms with van der Waals surface area (Å²) in [6, 6.07) is 2.49. The van der Waals surface area contributed by atoms with Crippen molar-refractivity contribution in [3.8, 4) is 0 Å². The molecule has 2 aliphatic rings. The Balaban J connectivity index is 0.00000225. The van der Waals surface area contributed by atoms with Crippen LogP contribution in [0.3, 0.4) is 0 Å². The fraction of sp³-hybridized carbons (Fsp3) is 0.588. The SMILES string of the molecule is Cl.O=C(NCc1ccc(F)cc1C(F)(F)F)C1CC2CCCCC2N1. The quantitative estimate of drug-likeness (QED) is 0.783. The highest BCUT2D eigenvalue weighted by Gasteiger charge is 2.38. The zero-order chi connectivity index (χ0) is 17.3. The van der Waals surface area contributed by atoms with Gasteiger partial charge in [0.15, 0.2) is 0 Å². The number of nitrogens with one attached hydrogen (secondary N) is 2. The van der Waals surface area contributed by atoms with Crippen molar-refractivity contribution in [2.24, 2.45) is 5.92 Å². The lowest BCUT2D eigenvalue weighted by Gasteiger charge is -2.24. The summed E-state index contributed by atoms with van der Waals surface area (Å²) >= 11 is 0. The molecule has 1 aromatic rings. The fourth-order valence-electron chi connectivity index (χ4n) is 3.79. The Kier molecular flexibility index (Phi) is 6.32. The first kappa shape index (κ1) is 20.0. The Labute approximate surface area is 150 Å². The van der Waals surface area contributed by atoms with Crippen molar-refractivity contribution >= 4 is 18.3 Å². The second-order valence-electron chi connectivity index (χ2n) is 6.62. The molecule has 2 N–H and O–H groups in total. The Morgan fingerprint density at radius 1 is 1.24 bits per heavy atom. The van der Waals surface area contributed by atoms with Crippen LogP contribution in [0, 0.1) is 11.7 Å². The number of amides is 1. The van der Waals surface area contributed by atoms with Gasteiger partial charge in [-0.1, -0.05) is 18.9 Å². The average Bonchev–Trinajstić information content (AvgIpc) is 2.96. The number of halogens is 5. The second kappa shape index (κ2) is 7.91. The summed E-state index contributed by atoms with van der Waals surface area (Å²) in [5, 5.41) is 5.85. The van der Waals surface area contributed by atoms with Gasteiger partial charge in [0.2, 0.25) is 5.91 Å². The van der Waals surface area contributed by atoms with Crippen molar-refractivity contribution in [2.75, 3.05) is 0 Å². The topological polar surface area (TPSA) is 41.1 Å². The third kappa shape index (κ3) is 4.64. The summed E-state index contributed by atoms with van der Waals surface area (Å²) < 4.78 is 52.0. The molecule has 8 heteroatoms. The molecule has 2 fully saturated rings. The van der Waals surface area contributed by atoms with Gasteiger partial charge in [0.25, 0.3) is 0 Å². The number of carbonyl (C=O) groups excluding carboxylic acids is 1. The van der Waals surface area contributed by atoms with Crippen molar-refractivity contribution in [2.45, 2.75) is 56.9 Å². The van der Waals surface area contributed by atoms with Crippen molar-refractivity contribution < 1.29 is 22.4 Å². The van der Waals surface area contributed by atoms with E-state index in [1.54, 1.807) is 0 Å². The van der Waals surface area contributed by atoms with Crippen LogP contribution in [-0.4, -0.2) is 18.0 Å². The molecule has 1 heterocycles. The highest BCUT2D eigenvalue weighted by atomic mass is 35.5. The van der Waals surface area contributed by atoms with Gasteiger partial charge in [-0.15, -0.1) is 12.4 Å². The Morgan fingerprint density at radius 3 is 2.64 bits per heavy atom. The van der Waals surface area contributed by atoms with Crippen molar-refractivity contribution in [3.05, 3.63) is 35.1 Å². The Hall–Kier alpha value is -1.34. The minimum absolute atomic E-state index is 0. The average molecular weight is 381 g/mol. The molecule has 1 amide bonds. The molecule has 1 saturated heterocycles. The summed E-state index contributed by atoms with van der Waals surface area (Å²) in [5.41, 5.74) is -1.18. The molecular weight excluding hydrogens is 360 g/mol. The van der Waals surface area contributed by atoms with E-state index in [-0.39, 0.29) is 36.5 Å². The first-order valence-electron chi connectivity index (χ1n) is 8.24. The highest BCUT2D eigenvalue weighted by molar-refractivity contribution is 5.85. The van der Waals surface area contributed by atoms with Gasteiger partial charge >= 0.3 is 6.18 Å². The third-order valence-corrected chi connectivity index (χ3v) is 5.01. The van der Waals surface area contributed by atoms with Crippen molar-refractivity contribution in [1.82, 2.24) is 10.6 Å². The molecule has 25 heavy (non-hydrogen) atoms. The molecule has 1 aliphatic heterocycles. The molecule has 1 aliphatic carbocycles. The van der Waals surface area contributed by atoms with Gasteiger partial charge in [-0.2, -0.15) is 13.2 Å². The van der Waals surface area contributed by atoms with Gasteiger partial charge in [0, 0.05) is 12.6 Å².